The predicted molar refractivity (Wildman–Crippen MR) is 95.5 cm³/mol. The molecule has 6 heteroatoms. The van der Waals surface area contributed by atoms with Crippen LogP contribution in [0.15, 0.2) is 35.1 Å². The Morgan fingerprint density at radius 2 is 1.96 bits per heavy atom. The van der Waals surface area contributed by atoms with Gasteiger partial charge in [0.25, 0.3) is 5.91 Å². The van der Waals surface area contributed by atoms with Crippen molar-refractivity contribution in [3.63, 3.8) is 0 Å². The molecule has 1 aromatic heterocycles. The van der Waals surface area contributed by atoms with Gasteiger partial charge in [0, 0.05) is 6.04 Å². The van der Waals surface area contributed by atoms with E-state index in [2.05, 4.69) is 10.4 Å². The molecule has 1 aromatic carbocycles. The van der Waals surface area contributed by atoms with Crippen molar-refractivity contribution in [2.24, 2.45) is 0 Å². The summed E-state index contributed by atoms with van der Waals surface area (Å²) in [5.74, 6) is -0.0884. The maximum atomic E-state index is 12.5. The Morgan fingerprint density at radius 3 is 2.60 bits per heavy atom. The number of aryl methyl sites for hydroxylation is 1. The number of hydrogen-bond acceptors (Lipinski definition) is 4. The summed E-state index contributed by atoms with van der Waals surface area (Å²) in [6.45, 7) is 4.23. The minimum atomic E-state index is -0.428. The number of aromatic nitrogens is 2. The Hall–Kier alpha value is -2.63. The first-order valence-corrected chi connectivity index (χ1v) is 8.73. The van der Waals surface area contributed by atoms with Crippen molar-refractivity contribution in [3.8, 4) is 11.6 Å². The fourth-order valence-corrected chi connectivity index (χ4v) is 3.04. The molecule has 1 heterocycles. The van der Waals surface area contributed by atoms with E-state index in [1.807, 2.05) is 38.1 Å². The smallest absolute Gasteiger partial charge is 0.276 e. The van der Waals surface area contributed by atoms with E-state index in [0.717, 1.165) is 36.9 Å². The van der Waals surface area contributed by atoms with E-state index in [4.69, 9.17) is 4.74 Å². The molecule has 0 saturated heterocycles. The van der Waals surface area contributed by atoms with E-state index in [-0.39, 0.29) is 11.7 Å². The number of amides is 1. The standard InChI is InChI=1S/C19H23N3O3/c1-3-25-17-12-16(23)18(19(24)20-14-6-4-5-7-14)21-22(17)15-10-8-13(2)9-11-15/h8-12,14H,3-7H2,1-2H3,(H,20,24). The number of carbonyl (C=O) groups is 1. The van der Waals surface area contributed by atoms with Crippen molar-refractivity contribution in [2.75, 3.05) is 6.61 Å². The first-order chi connectivity index (χ1) is 12.1. The lowest BCUT2D eigenvalue weighted by molar-refractivity contribution is 0.0929. The van der Waals surface area contributed by atoms with Gasteiger partial charge in [0.05, 0.1) is 18.4 Å². The second-order valence-corrected chi connectivity index (χ2v) is 6.33. The maximum Gasteiger partial charge on any atom is 0.276 e. The third-order valence-corrected chi connectivity index (χ3v) is 4.37. The first-order valence-electron chi connectivity index (χ1n) is 8.73. The van der Waals surface area contributed by atoms with Crippen molar-refractivity contribution in [2.45, 2.75) is 45.6 Å². The Bertz CT molecular complexity index is 806. The largest absolute Gasteiger partial charge is 0.478 e. The molecule has 1 N–H and O–H groups in total. The molecule has 1 aliphatic rings. The van der Waals surface area contributed by atoms with Crippen LogP contribution in [0.3, 0.4) is 0 Å². The second-order valence-electron chi connectivity index (χ2n) is 6.33. The molecule has 2 aromatic rings. The van der Waals surface area contributed by atoms with Gasteiger partial charge in [0.15, 0.2) is 5.69 Å². The summed E-state index contributed by atoms with van der Waals surface area (Å²) in [6, 6.07) is 9.13. The van der Waals surface area contributed by atoms with Gasteiger partial charge in [0.1, 0.15) is 0 Å². The molecule has 0 radical (unpaired) electrons. The molecule has 0 spiro atoms. The normalized spacial score (nSPS) is 14.5. The highest BCUT2D eigenvalue weighted by atomic mass is 16.5. The van der Waals surface area contributed by atoms with Gasteiger partial charge < -0.3 is 10.1 Å². The van der Waals surface area contributed by atoms with Crippen molar-refractivity contribution in [1.82, 2.24) is 15.1 Å². The maximum absolute atomic E-state index is 12.5. The first kappa shape index (κ1) is 17.2. The van der Waals surface area contributed by atoms with Crippen molar-refractivity contribution in [3.05, 3.63) is 51.8 Å². The molecule has 25 heavy (non-hydrogen) atoms. The molecule has 0 bridgehead atoms. The number of nitrogens with zero attached hydrogens (tertiary/aromatic N) is 2. The summed E-state index contributed by atoms with van der Waals surface area (Å²) in [4.78, 5) is 24.9. The molecule has 1 amide bonds. The lowest BCUT2D eigenvalue weighted by Gasteiger charge is -2.15. The number of benzene rings is 1. The molecule has 132 valence electrons. The zero-order chi connectivity index (χ0) is 17.8. The molecular formula is C19H23N3O3. The average molecular weight is 341 g/mol. The third-order valence-electron chi connectivity index (χ3n) is 4.37. The molecule has 0 aliphatic heterocycles. The lowest BCUT2D eigenvalue weighted by Crippen LogP contribution is -2.37. The van der Waals surface area contributed by atoms with Crippen molar-refractivity contribution in [1.29, 1.82) is 0 Å². The minimum absolute atomic E-state index is 0.101. The van der Waals surface area contributed by atoms with E-state index in [1.165, 1.54) is 10.7 Å². The number of hydrogen-bond donors (Lipinski definition) is 1. The predicted octanol–water partition coefficient (Wildman–Crippen LogP) is 2.61. The number of rotatable bonds is 5. The number of carbonyl (C=O) groups excluding carboxylic acids is 1. The molecule has 1 aliphatic carbocycles. The van der Waals surface area contributed by atoms with Crippen LogP contribution in [-0.2, 0) is 0 Å². The minimum Gasteiger partial charge on any atom is -0.478 e. The fraction of sp³-hybridized carbons (Fsp3) is 0.421. The van der Waals surface area contributed by atoms with E-state index in [9.17, 15) is 9.59 Å². The molecule has 6 nitrogen and oxygen atoms in total. The highest BCUT2D eigenvalue weighted by molar-refractivity contribution is 5.92. The average Bonchev–Trinajstić information content (AvgIpc) is 3.09. The van der Waals surface area contributed by atoms with Crippen LogP contribution in [-0.4, -0.2) is 28.3 Å². The molecule has 3 rings (SSSR count). The van der Waals surface area contributed by atoms with Crippen LogP contribution in [0.2, 0.25) is 0 Å². The Kier molecular flexibility index (Phi) is 5.16. The van der Waals surface area contributed by atoms with E-state index in [1.54, 1.807) is 0 Å². The summed E-state index contributed by atoms with van der Waals surface area (Å²) in [5.41, 5.74) is 1.32. The monoisotopic (exact) mass is 341 g/mol. The summed E-state index contributed by atoms with van der Waals surface area (Å²) >= 11 is 0. The van der Waals surface area contributed by atoms with E-state index >= 15 is 0 Å². The van der Waals surface area contributed by atoms with Crippen LogP contribution in [0.1, 0.15) is 48.7 Å². The van der Waals surface area contributed by atoms with Crippen LogP contribution in [0.5, 0.6) is 5.88 Å². The van der Waals surface area contributed by atoms with Gasteiger partial charge in [0.2, 0.25) is 11.3 Å². The molecule has 1 saturated carbocycles. The fourth-order valence-electron chi connectivity index (χ4n) is 3.04. The van der Waals surface area contributed by atoms with Gasteiger partial charge in [-0.25, -0.2) is 4.68 Å². The lowest BCUT2D eigenvalue weighted by atomic mass is 10.2. The molecule has 0 atom stereocenters. The number of nitrogens with one attached hydrogen (secondary N) is 1. The van der Waals surface area contributed by atoms with Gasteiger partial charge in [-0.3, -0.25) is 9.59 Å². The summed E-state index contributed by atoms with van der Waals surface area (Å²) in [6.07, 6.45) is 4.12. The Morgan fingerprint density at radius 1 is 1.28 bits per heavy atom. The van der Waals surface area contributed by atoms with Crippen LogP contribution < -0.4 is 15.5 Å². The molecular weight excluding hydrogens is 318 g/mol. The van der Waals surface area contributed by atoms with Gasteiger partial charge in [-0.15, -0.1) is 0 Å². The SMILES string of the molecule is CCOc1cc(=O)c(C(=O)NC2CCCC2)nn1-c1ccc(C)cc1. The van der Waals surface area contributed by atoms with Crippen LogP contribution >= 0.6 is 0 Å². The van der Waals surface area contributed by atoms with Gasteiger partial charge >= 0.3 is 0 Å². The van der Waals surface area contributed by atoms with Crippen molar-refractivity contribution < 1.29 is 9.53 Å². The summed E-state index contributed by atoms with van der Waals surface area (Å²) < 4.78 is 7.05. The van der Waals surface area contributed by atoms with E-state index < -0.39 is 11.3 Å². The van der Waals surface area contributed by atoms with Crippen LogP contribution in [0.25, 0.3) is 5.69 Å². The Balaban J connectivity index is 1.98. The summed E-state index contributed by atoms with van der Waals surface area (Å²) in [7, 11) is 0. The van der Waals surface area contributed by atoms with Gasteiger partial charge in [-0.1, -0.05) is 30.5 Å². The highest BCUT2D eigenvalue weighted by Gasteiger charge is 2.22. The zero-order valence-electron chi connectivity index (χ0n) is 14.6. The molecule has 1 fully saturated rings. The zero-order valence-corrected chi connectivity index (χ0v) is 14.6. The van der Waals surface area contributed by atoms with Gasteiger partial charge in [-0.05, 0) is 38.8 Å². The third kappa shape index (κ3) is 3.90. The van der Waals surface area contributed by atoms with Crippen molar-refractivity contribution >= 4 is 5.91 Å². The van der Waals surface area contributed by atoms with Crippen LogP contribution in [0.4, 0.5) is 0 Å². The topological polar surface area (TPSA) is 73.2 Å². The Labute approximate surface area is 146 Å². The van der Waals surface area contributed by atoms with Crippen LogP contribution in [0, 0.1) is 6.92 Å². The van der Waals surface area contributed by atoms with E-state index in [0.29, 0.717) is 12.5 Å². The van der Waals surface area contributed by atoms with Gasteiger partial charge in [-0.2, -0.15) is 5.10 Å². The number of ether oxygens (including phenoxy) is 1. The molecule has 0 unspecified atom stereocenters. The summed E-state index contributed by atoms with van der Waals surface area (Å²) in [5, 5.41) is 7.22. The highest BCUT2D eigenvalue weighted by Crippen LogP contribution is 2.19. The second kappa shape index (κ2) is 7.51. The quantitative estimate of drug-likeness (QED) is 0.907.